The number of imidazole rings is 2. The lowest BCUT2D eigenvalue weighted by molar-refractivity contribution is 0.450. The molecule has 2 aromatic heterocycles. The molecule has 2 N–H and O–H groups in total. The number of rotatable bonds is 2. The van der Waals surface area contributed by atoms with Crippen molar-refractivity contribution in [2.45, 2.75) is 38.5 Å². The van der Waals surface area contributed by atoms with Crippen LogP contribution in [-0.4, -0.2) is 29.3 Å². The summed E-state index contributed by atoms with van der Waals surface area (Å²) in [6.45, 7) is 8.25. The van der Waals surface area contributed by atoms with Crippen molar-refractivity contribution in [2.75, 3.05) is 0 Å². The molecular formula is C36H32N4O2. The van der Waals surface area contributed by atoms with E-state index in [9.17, 15) is 10.2 Å². The van der Waals surface area contributed by atoms with Gasteiger partial charge in [-0.15, -0.1) is 0 Å². The fourth-order valence-corrected chi connectivity index (χ4v) is 6.05. The number of benzene rings is 4. The first kappa shape index (κ1) is 25.8. The largest absolute Gasteiger partial charge is 0.507 e. The van der Waals surface area contributed by atoms with Crippen LogP contribution in [0.15, 0.2) is 109 Å². The molecule has 0 spiro atoms. The average molecular weight is 553 g/mol. The molecule has 3 heterocycles. The molecule has 208 valence electrons. The lowest BCUT2D eigenvalue weighted by atomic mass is 9.80. The van der Waals surface area contributed by atoms with Crippen molar-refractivity contribution in [3.05, 3.63) is 132 Å². The fraction of sp³-hybridized carbons (Fsp3) is 0.167. The molecule has 0 fully saturated rings. The molecule has 6 heteroatoms. The van der Waals surface area contributed by atoms with Gasteiger partial charge in [-0.3, -0.25) is 9.13 Å². The van der Waals surface area contributed by atoms with Crippen LogP contribution in [0.1, 0.15) is 50.2 Å². The lowest BCUT2D eigenvalue weighted by Crippen LogP contribution is -2.21. The van der Waals surface area contributed by atoms with Gasteiger partial charge in [-0.1, -0.05) is 60.7 Å². The van der Waals surface area contributed by atoms with Crippen molar-refractivity contribution in [2.24, 2.45) is 0 Å². The summed E-state index contributed by atoms with van der Waals surface area (Å²) in [5.41, 5.74) is 4.76. The number of aromatic nitrogens is 4. The highest BCUT2D eigenvalue weighted by molar-refractivity contribution is 5.73. The molecule has 0 aliphatic carbocycles. The van der Waals surface area contributed by atoms with Crippen LogP contribution in [0.4, 0.5) is 0 Å². The molecule has 0 atom stereocenters. The number of phenols is 2. The zero-order valence-corrected chi connectivity index (χ0v) is 24.1. The first-order valence-corrected chi connectivity index (χ1v) is 14.1. The van der Waals surface area contributed by atoms with E-state index in [1.165, 1.54) is 0 Å². The van der Waals surface area contributed by atoms with Crippen molar-refractivity contribution in [1.29, 1.82) is 0 Å². The van der Waals surface area contributed by atoms with E-state index in [1.54, 1.807) is 0 Å². The average Bonchev–Trinajstić information content (AvgIpc) is 3.64. The minimum atomic E-state index is -0.682. The minimum Gasteiger partial charge on any atom is -0.507 e. The maximum Gasteiger partial charge on any atom is 0.148 e. The highest BCUT2D eigenvalue weighted by Crippen LogP contribution is 2.47. The quantitative estimate of drug-likeness (QED) is 0.230. The summed E-state index contributed by atoms with van der Waals surface area (Å²) in [6.07, 6.45) is 4.02. The van der Waals surface area contributed by atoms with E-state index >= 15 is 0 Å². The predicted octanol–water partition coefficient (Wildman–Crippen LogP) is 7.77. The molecule has 0 amide bonds. The molecule has 6 nitrogen and oxygen atoms in total. The highest BCUT2D eigenvalue weighted by Gasteiger charge is 2.36. The molecule has 8 bridgehead atoms. The zero-order chi connectivity index (χ0) is 29.2. The number of aromatic hydroxyl groups is 2. The summed E-state index contributed by atoms with van der Waals surface area (Å²) >= 11 is 0. The van der Waals surface area contributed by atoms with Crippen LogP contribution in [0.3, 0.4) is 0 Å². The molecule has 0 unspecified atom stereocenters. The van der Waals surface area contributed by atoms with Crippen LogP contribution in [0.5, 0.6) is 11.5 Å². The van der Waals surface area contributed by atoms with E-state index < -0.39 is 10.8 Å². The SMILES string of the molecule is CC1(C)c2cn(-c3ccccc3)c(n2)-c2cccc(c2O)C(C)(C)c2cn(-c3ccccc3)c(n2)-c2cccc1c2O. The minimum absolute atomic E-state index is 0.170. The Bertz CT molecular complexity index is 1810. The summed E-state index contributed by atoms with van der Waals surface area (Å²) in [4.78, 5) is 10.3. The second-order valence-corrected chi connectivity index (χ2v) is 12.0. The summed E-state index contributed by atoms with van der Waals surface area (Å²) in [5, 5.41) is 23.9. The summed E-state index contributed by atoms with van der Waals surface area (Å²) in [7, 11) is 0. The van der Waals surface area contributed by atoms with E-state index in [2.05, 4.69) is 27.7 Å². The Kier molecular flexibility index (Phi) is 5.67. The number of phenolic OH excluding ortho intramolecular Hbond substituents is 2. The normalized spacial score (nSPS) is 14.8. The second-order valence-electron chi connectivity index (χ2n) is 12.0. The Morgan fingerprint density at radius 2 is 0.881 bits per heavy atom. The smallest absolute Gasteiger partial charge is 0.148 e. The Hall–Kier alpha value is -5.10. The van der Waals surface area contributed by atoms with Crippen molar-refractivity contribution in [3.63, 3.8) is 0 Å². The van der Waals surface area contributed by atoms with Gasteiger partial charge in [0.05, 0.1) is 22.5 Å². The first-order chi connectivity index (χ1) is 20.2. The van der Waals surface area contributed by atoms with Gasteiger partial charge in [0.25, 0.3) is 0 Å². The van der Waals surface area contributed by atoms with E-state index in [0.717, 1.165) is 33.9 Å². The Balaban J connectivity index is 1.60. The van der Waals surface area contributed by atoms with Gasteiger partial charge in [0.2, 0.25) is 0 Å². The third-order valence-corrected chi connectivity index (χ3v) is 8.66. The zero-order valence-electron chi connectivity index (χ0n) is 24.1. The van der Waals surface area contributed by atoms with Crippen LogP contribution >= 0.6 is 0 Å². The number of hydrogen-bond acceptors (Lipinski definition) is 4. The molecule has 0 saturated carbocycles. The maximum absolute atomic E-state index is 11.9. The summed E-state index contributed by atoms with van der Waals surface area (Å²) < 4.78 is 4.04. The molecule has 0 saturated heterocycles. The van der Waals surface area contributed by atoms with Crippen molar-refractivity contribution in [3.8, 4) is 45.6 Å². The molecule has 6 aromatic rings. The number of hydrogen-bond donors (Lipinski definition) is 2. The summed E-state index contributed by atoms with van der Waals surface area (Å²) in [6, 6.07) is 31.7. The van der Waals surface area contributed by atoms with Gasteiger partial charge < -0.3 is 10.2 Å². The van der Waals surface area contributed by atoms with Gasteiger partial charge in [-0.25, -0.2) is 9.97 Å². The van der Waals surface area contributed by atoms with E-state index in [4.69, 9.17) is 9.97 Å². The molecule has 1 aliphatic rings. The third kappa shape index (κ3) is 3.79. The Labute approximate surface area is 245 Å². The van der Waals surface area contributed by atoms with Crippen molar-refractivity contribution in [1.82, 2.24) is 19.1 Å². The van der Waals surface area contributed by atoms with Gasteiger partial charge in [0.1, 0.15) is 23.1 Å². The second kappa shape index (κ2) is 9.21. The highest BCUT2D eigenvalue weighted by atomic mass is 16.3. The predicted molar refractivity (Wildman–Crippen MR) is 166 cm³/mol. The van der Waals surface area contributed by atoms with Gasteiger partial charge >= 0.3 is 0 Å². The monoisotopic (exact) mass is 552 g/mol. The topological polar surface area (TPSA) is 76.1 Å². The van der Waals surface area contributed by atoms with E-state index in [-0.39, 0.29) is 11.5 Å². The number of fused-ring (bicyclic) bond motifs is 10. The van der Waals surface area contributed by atoms with Crippen molar-refractivity contribution < 1.29 is 10.2 Å². The third-order valence-electron chi connectivity index (χ3n) is 8.66. The molecular weight excluding hydrogens is 520 g/mol. The first-order valence-electron chi connectivity index (χ1n) is 14.1. The standard InChI is InChI=1S/C36H32N4O2/c1-35(2)27-19-11-17-25(31(27)41)34-38-30(22-40(34)24-15-9-6-10-16-24)36(3,4)28-20-12-18-26(32(28)42)33-37-29(35)21-39(33)23-13-7-5-8-14-23/h5-22,41-42H,1-4H3. The van der Waals surface area contributed by atoms with Crippen molar-refractivity contribution >= 4 is 0 Å². The molecule has 0 radical (unpaired) electrons. The van der Waals surface area contributed by atoms with Crippen LogP contribution in [0.2, 0.25) is 0 Å². The van der Waals surface area contributed by atoms with Gasteiger partial charge in [0, 0.05) is 45.7 Å². The Morgan fingerprint density at radius 3 is 1.26 bits per heavy atom. The lowest BCUT2D eigenvalue weighted by Gasteiger charge is -2.26. The maximum atomic E-state index is 11.9. The molecule has 1 aliphatic heterocycles. The van der Waals surface area contributed by atoms with Gasteiger partial charge in [-0.05, 0) is 64.1 Å². The van der Waals surface area contributed by atoms with Crippen LogP contribution in [0.25, 0.3) is 34.2 Å². The number of nitrogens with zero attached hydrogens (tertiary/aromatic N) is 4. The van der Waals surface area contributed by atoms with Gasteiger partial charge in [0.15, 0.2) is 0 Å². The Morgan fingerprint density at radius 1 is 0.500 bits per heavy atom. The number of para-hydroxylation sites is 4. The van der Waals surface area contributed by atoms with E-state index in [1.807, 2.05) is 119 Å². The fourth-order valence-electron chi connectivity index (χ4n) is 6.05. The van der Waals surface area contributed by atoms with E-state index in [0.29, 0.717) is 22.8 Å². The molecule has 4 aromatic carbocycles. The van der Waals surface area contributed by atoms with Gasteiger partial charge in [-0.2, -0.15) is 0 Å². The van der Waals surface area contributed by atoms with Crippen LogP contribution < -0.4 is 0 Å². The molecule has 42 heavy (non-hydrogen) atoms. The van der Waals surface area contributed by atoms with Crippen LogP contribution in [-0.2, 0) is 10.8 Å². The van der Waals surface area contributed by atoms with Crippen LogP contribution in [0, 0.1) is 0 Å². The molecule has 7 rings (SSSR count). The summed E-state index contributed by atoms with van der Waals surface area (Å²) in [5.74, 6) is 1.60.